The molecule has 0 saturated carbocycles. The van der Waals surface area contributed by atoms with Gasteiger partial charge in [-0.05, 0) is 39.8 Å². The molecule has 1 aromatic carbocycles. The Kier molecular flexibility index (Phi) is 3.03. The van der Waals surface area contributed by atoms with Crippen LogP contribution in [0, 0.1) is 20.8 Å². The molecule has 0 aliphatic carbocycles. The van der Waals surface area contributed by atoms with Crippen LogP contribution in [-0.4, -0.2) is 9.78 Å². The number of hydrogen-bond donors (Lipinski definition) is 1. The molecule has 1 aromatic heterocycles. The third-order valence-corrected chi connectivity index (χ3v) is 3.08. The van der Waals surface area contributed by atoms with Crippen LogP contribution in [0.4, 0.5) is 0 Å². The minimum atomic E-state index is 0.0224. The smallest absolute Gasteiger partial charge is 0.0649 e. The Bertz CT molecular complexity index is 521. The summed E-state index contributed by atoms with van der Waals surface area (Å²) in [6.45, 7) is 8.16. The van der Waals surface area contributed by atoms with Gasteiger partial charge in [0, 0.05) is 17.3 Å². The zero-order valence-corrected chi connectivity index (χ0v) is 10.9. The van der Waals surface area contributed by atoms with E-state index in [1.807, 2.05) is 18.5 Å². The lowest BCUT2D eigenvalue weighted by atomic mass is 10.1. The molecule has 2 rings (SSSR count). The molecule has 3 heteroatoms. The van der Waals surface area contributed by atoms with Gasteiger partial charge in [0.15, 0.2) is 0 Å². The molecule has 17 heavy (non-hydrogen) atoms. The van der Waals surface area contributed by atoms with E-state index in [-0.39, 0.29) is 6.04 Å². The van der Waals surface area contributed by atoms with Crippen LogP contribution >= 0.6 is 0 Å². The highest BCUT2D eigenvalue weighted by atomic mass is 15.3. The van der Waals surface area contributed by atoms with E-state index in [9.17, 15) is 0 Å². The van der Waals surface area contributed by atoms with Crippen LogP contribution in [0.5, 0.6) is 0 Å². The number of hydrogen-bond acceptors (Lipinski definition) is 2. The summed E-state index contributed by atoms with van der Waals surface area (Å²) in [7, 11) is 0. The zero-order chi connectivity index (χ0) is 12.6. The summed E-state index contributed by atoms with van der Waals surface area (Å²) < 4.78 is 1.97. The molecule has 2 aromatic rings. The van der Waals surface area contributed by atoms with E-state index >= 15 is 0 Å². The molecule has 0 radical (unpaired) electrons. The minimum Gasteiger partial charge on any atom is -0.324 e. The van der Waals surface area contributed by atoms with E-state index in [2.05, 4.69) is 43.2 Å². The lowest BCUT2D eigenvalue weighted by molar-refractivity contribution is 0.795. The van der Waals surface area contributed by atoms with E-state index in [4.69, 9.17) is 5.73 Å². The first kappa shape index (κ1) is 11.9. The summed E-state index contributed by atoms with van der Waals surface area (Å²) in [4.78, 5) is 0. The van der Waals surface area contributed by atoms with E-state index in [1.54, 1.807) is 0 Å². The van der Waals surface area contributed by atoms with Crippen molar-refractivity contribution in [3.63, 3.8) is 0 Å². The SMILES string of the molecule is Cc1ccc(-n2nc(C)c(C(C)N)c2C)cc1. The van der Waals surface area contributed by atoms with E-state index in [0.29, 0.717) is 0 Å². The van der Waals surface area contributed by atoms with Gasteiger partial charge >= 0.3 is 0 Å². The second kappa shape index (κ2) is 4.34. The number of rotatable bonds is 2. The molecule has 0 bridgehead atoms. The Balaban J connectivity index is 2.53. The normalized spacial score (nSPS) is 12.8. The van der Waals surface area contributed by atoms with Gasteiger partial charge in [0.05, 0.1) is 11.4 Å². The van der Waals surface area contributed by atoms with Crippen LogP contribution in [0.1, 0.15) is 35.5 Å². The van der Waals surface area contributed by atoms with Crippen molar-refractivity contribution in [3.05, 3.63) is 46.8 Å². The maximum atomic E-state index is 5.98. The third-order valence-electron chi connectivity index (χ3n) is 3.08. The van der Waals surface area contributed by atoms with Crippen molar-refractivity contribution in [2.45, 2.75) is 33.7 Å². The van der Waals surface area contributed by atoms with Gasteiger partial charge in [-0.3, -0.25) is 0 Å². The number of nitrogens with zero attached hydrogens (tertiary/aromatic N) is 2. The Morgan fingerprint density at radius 1 is 1.12 bits per heavy atom. The zero-order valence-electron chi connectivity index (χ0n) is 10.9. The molecule has 1 unspecified atom stereocenters. The molecule has 0 fully saturated rings. The maximum Gasteiger partial charge on any atom is 0.0649 e. The molecule has 0 saturated heterocycles. The van der Waals surface area contributed by atoms with Crippen LogP contribution in [0.2, 0.25) is 0 Å². The molecule has 0 aliphatic rings. The highest BCUT2D eigenvalue weighted by Crippen LogP contribution is 2.22. The topological polar surface area (TPSA) is 43.8 Å². The van der Waals surface area contributed by atoms with Crippen molar-refractivity contribution in [1.82, 2.24) is 9.78 Å². The molecule has 90 valence electrons. The molecule has 0 amide bonds. The predicted octanol–water partition coefficient (Wildman–Crippen LogP) is 2.82. The van der Waals surface area contributed by atoms with Crippen molar-refractivity contribution < 1.29 is 0 Å². The van der Waals surface area contributed by atoms with Gasteiger partial charge in [0.1, 0.15) is 0 Å². The van der Waals surface area contributed by atoms with Gasteiger partial charge in [0.2, 0.25) is 0 Å². The van der Waals surface area contributed by atoms with Crippen LogP contribution in [0.15, 0.2) is 24.3 Å². The van der Waals surface area contributed by atoms with Gasteiger partial charge < -0.3 is 5.73 Å². The molecule has 3 nitrogen and oxygen atoms in total. The second-order valence-electron chi connectivity index (χ2n) is 4.62. The summed E-state index contributed by atoms with van der Waals surface area (Å²) in [6, 6.07) is 8.38. The van der Waals surface area contributed by atoms with Crippen LogP contribution in [0.25, 0.3) is 5.69 Å². The molecular formula is C14H19N3. The van der Waals surface area contributed by atoms with Gasteiger partial charge in [0.25, 0.3) is 0 Å². The lowest BCUT2D eigenvalue weighted by Gasteiger charge is -2.07. The lowest BCUT2D eigenvalue weighted by Crippen LogP contribution is -2.07. The fourth-order valence-electron chi connectivity index (χ4n) is 2.25. The summed E-state index contributed by atoms with van der Waals surface area (Å²) in [5.74, 6) is 0. The fraction of sp³-hybridized carbons (Fsp3) is 0.357. The first-order chi connectivity index (χ1) is 8.00. The quantitative estimate of drug-likeness (QED) is 0.860. The highest BCUT2D eigenvalue weighted by molar-refractivity contribution is 5.39. The third kappa shape index (κ3) is 2.11. The first-order valence-electron chi connectivity index (χ1n) is 5.89. The summed E-state index contributed by atoms with van der Waals surface area (Å²) >= 11 is 0. The van der Waals surface area contributed by atoms with Gasteiger partial charge in [-0.1, -0.05) is 17.7 Å². The maximum absolute atomic E-state index is 5.98. The van der Waals surface area contributed by atoms with E-state index in [0.717, 1.165) is 22.6 Å². The number of nitrogens with two attached hydrogens (primary N) is 1. The summed E-state index contributed by atoms with van der Waals surface area (Å²) in [5, 5.41) is 4.57. The van der Waals surface area contributed by atoms with Gasteiger partial charge in [-0.25, -0.2) is 4.68 Å². The number of aryl methyl sites for hydroxylation is 2. The molecule has 1 atom stereocenters. The molecule has 2 N–H and O–H groups in total. The average Bonchev–Trinajstić information content (AvgIpc) is 2.55. The van der Waals surface area contributed by atoms with Gasteiger partial charge in [-0.2, -0.15) is 5.10 Å². The largest absolute Gasteiger partial charge is 0.324 e. The highest BCUT2D eigenvalue weighted by Gasteiger charge is 2.15. The standard InChI is InChI=1S/C14H19N3/c1-9-5-7-13(8-6-9)17-12(4)14(10(2)15)11(3)16-17/h5-8,10H,15H2,1-4H3. The fourth-order valence-corrected chi connectivity index (χ4v) is 2.25. The monoisotopic (exact) mass is 229 g/mol. The molecule has 1 heterocycles. The van der Waals surface area contributed by atoms with Crippen molar-refractivity contribution >= 4 is 0 Å². The second-order valence-corrected chi connectivity index (χ2v) is 4.62. The van der Waals surface area contributed by atoms with Crippen molar-refractivity contribution in [3.8, 4) is 5.69 Å². The van der Waals surface area contributed by atoms with E-state index in [1.165, 1.54) is 5.56 Å². The Labute approximate surface area is 102 Å². The van der Waals surface area contributed by atoms with E-state index < -0.39 is 0 Å². The van der Waals surface area contributed by atoms with Crippen molar-refractivity contribution in [2.24, 2.45) is 5.73 Å². The summed E-state index contributed by atoms with van der Waals surface area (Å²) in [5.41, 5.74) is 11.6. The van der Waals surface area contributed by atoms with Gasteiger partial charge in [-0.15, -0.1) is 0 Å². The number of benzene rings is 1. The Morgan fingerprint density at radius 2 is 1.71 bits per heavy atom. The van der Waals surface area contributed by atoms with Crippen molar-refractivity contribution in [1.29, 1.82) is 0 Å². The number of aromatic nitrogens is 2. The Morgan fingerprint density at radius 3 is 2.18 bits per heavy atom. The molecular weight excluding hydrogens is 210 g/mol. The molecule has 0 aliphatic heterocycles. The van der Waals surface area contributed by atoms with Crippen LogP contribution < -0.4 is 5.73 Å². The predicted molar refractivity (Wildman–Crippen MR) is 70.4 cm³/mol. The average molecular weight is 229 g/mol. The minimum absolute atomic E-state index is 0.0224. The summed E-state index contributed by atoms with van der Waals surface area (Å²) in [6.07, 6.45) is 0. The Hall–Kier alpha value is -1.61. The van der Waals surface area contributed by atoms with Crippen LogP contribution in [-0.2, 0) is 0 Å². The first-order valence-corrected chi connectivity index (χ1v) is 5.89. The van der Waals surface area contributed by atoms with Crippen LogP contribution in [0.3, 0.4) is 0 Å². The van der Waals surface area contributed by atoms with Crippen molar-refractivity contribution in [2.75, 3.05) is 0 Å². The molecule has 0 spiro atoms.